The molecule has 1 aromatic heterocycles. The van der Waals surface area contributed by atoms with Crippen LogP contribution in [0.25, 0.3) is 0 Å². The zero-order valence-electron chi connectivity index (χ0n) is 11.7. The van der Waals surface area contributed by atoms with Gasteiger partial charge in [-0.25, -0.2) is 4.98 Å². The van der Waals surface area contributed by atoms with E-state index in [-0.39, 0.29) is 5.54 Å². The minimum Gasteiger partial charge on any atom is -0.329 e. The second kappa shape index (κ2) is 5.88. The van der Waals surface area contributed by atoms with Crippen LogP contribution in [-0.4, -0.2) is 15.1 Å². The Kier molecular flexibility index (Phi) is 4.42. The molecule has 1 N–H and O–H groups in total. The number of rotatable bonds is 4. The quantitative estimate of drug-likeness (QED) is 0.932. The summed E-state index contributed by atoms with van der Waals surface area (Å²) in [5.74, 6) is 0. The Morgan fingerprint density at radius 2 is 1.89 bits per heavy atom. The van der Waals surface area contributed by atoms with Crippen molar-refractivity contribution in [2.24, 2.45) is 0 Å². The van der Waals surface area contributed by atoms with Crippen molar-refractivity contribution in [3.05, 3.63) is 52.5 Å². The molecule has 0 saturated carbocycles. The predicted molar refractivity (Wildman–Crippen MR) is 82.1 cm³/mol. The van der Waals surface area contributed by atoms with Crippen molar-refractivity contribution in [3.8, 4) is 0 Å². The van der Waals surface area contributed by atoms with Gasteiger partial charge in [0.05, 0.1) is 12.0 Å². The third-order valence-electron chi connectivity index (χ3n) is 2.86. The van der Waals surface area contributed by atoms with E-state index in [0.29, 0.717) is 0 Å². The summed E-state index contributed by atoms with van der Waals surface area (Å²) in [6.07, 6.45) is 3.82. The largest absolute Gasteiger partial charge is 0.329 e. The zero-order chi connectivity index (χ0) is 13.9. The molecule has 19 heavy (non-hydrogen) atoms. The van der Waals surface area contributed by atoms with Crippen molar-refractivity contribution < 1.29 is 0 Å². The van der Waals surface area contributed by atoms with Crippen LogP contribution in [0, 0.1) is 0 Å². The Balaban J connectivity index is 2.05. The molecule has 0 saturated heterocycles. The summed E-state index contributed by atoms with van der Waals surface area (Å²) in [5.41, 5.74) is 2.60. The van der Waals surface area contributed by atoms with E-state index < -0.39 is 0 Å². The van der Waals surface area contributed by atoms with E-state index in [1.54, 1.807) is 0 Å². The van der Waals surface area contributed by atoms with Gasteiger partial charge in [0.25, 0.3) is 0 Å². The van der Waals surface area contributed by atoms with Crippen LogP contribution < -0.4 is 5.32 Å². The van der Waals surface area contributed by atoms with Crippen LogP contribution in [0.4, 0.5) is 0 Å². The molecule has 0 aliphatic rings. The van der Waals surface area contributed by atoms with Crippen molar-refractivity contribution >= 4 is 15.9 Å². The molecule has 0 unspecified atom stereocenters. The molecule has 102 valence electrons. The zero-order valence-corrected chi connectivity index (χ0v) is 13.2. The molecule has 0 aliphatic heterocycles. The molecule has 0 amide bonds. The Hall–Kier alpha value is -1.13. The number of halogens is 1. The van der Waals surface area contributed by atoms with Crippen molar-refractivity contribution in [1.29, 1.82) is 0 Å². The van der Waals surface area contributed by atoms with Crippen molar-refractivity contribution in [1.82, 2.24) is 14.9 Å². The molecule has 0 bridgehead atoms. The van der Waals surface area contributed by atoms with E-state index >= 15 is 0 Å². The minimum absolute atomic E-state index is 0.118. The fourth-order valence-electron chi connectivity index (χ4n) is 1.78. The van der Waals surface area contributed by atoms with Crippen LogP contribution in [0.3, 0.4) is 0 Å². The summed E-state index contributed by atoms with van der Waals surface area (Å²) in [4.78, 5) is 4.25. The van der Waals surface area contributed by atoms with Gasteiger partial charge in [-0.3, -0.25) is 0 Å². The van der Waals surface area contributed by atoms with Gasteiger partial charge in [-0.05, 0) is 38.5 Å². The minimum atomic E-state index is 0.118. The lowest BCUT2D eigenvalue weighted by molar-refractivity contribution is 0.417. The first kappa shape index (κ1) is 14.3. The van der Waals surface area contributed by atoms with Crippen molar-refractivity contribution in [3.63, 3.8) is 0 Å². The molecule has 0 atom stereocenters. The molecule has 2 rings (SSSR count). The predicted octanol–water partition coefficient (Wildman–Crippen LogP) is 3.58. The van der Waals surface area contributed by atoms with Crippen molar-refractivity contribution in [2.45, 2.75) is 39.4 Å². The van der Waals surface area contributed by atoms with Gasteiger partial charge < -0.3 is 9.88 Å². The van der Waals surface area contributed by atoms with Crippen LogP contribution in [0.1, 0.15) is 32.0 Å². The van der Waals surface area contributed by atoms with Crippen LogP contribution >= 0.6 is 15.9 Å². The average Bonchev–Trinajstić information content (AvgIpc) is 2.76. The number of imidazole rings is 1. The maximum Gasteiger partial charge on any atom is 0.0951 e. The van der Waals surface area contributed by atoms with Gasteiger partial charge in [-0.2, -0.15) is 0 Å². The van der Waals surface area contributed by atoms with E-state index in [9.17, 15) is 0 Å². The fourth-order valence-corrected chi connectivity index (χ4v) is 2.04. The molecule has 4 heteroatoms. The Labute approximate surface area is 123 Å². The Morgan fingerprint density at radius 3 is 2.53 bits per heavy atom. The topological polar surface area (TPSA) is 29.9 Å². The van der Waals surface area contributed by atoms with E-state index in [2.05, 4.69) is 75.8 Å². The van der Waals surface area contributed by atoms with Crippen LogP contribution in [0.2, 0.25) is 0 Å². The third-order valence-corrected chi connectivity index (χ3v) is 3.39. The number of benzene rings is 1. The summed E-state index contributed by atoms with van der Waals surface area (Å²) in [7, 11) is 0. The molecule has 3 nitrogen and oxygen atoms in total. The first-order valence-corrected chi connectivity index (χ1v) is 7.22. The lowest BCUT2D eigenvalue weighted by atomic mass is 10.1. The van der Waals surface area contributed by atoms with Gasteiger partial charge in [0, 0.05) is 29.3 Å². The van der Waals surface area contributed by atoms with Gasteiger partial charge in [0.1, 0.15) is 0 Å². The maximum absolute atomic E-state index is 4.25. The van der Waals surface area contributed by atoms with Crippen LogP contribution in [0.15, 0.2) is 41.3 Å². The van der Waals surface area contributed by atoms with Gasteiger partial charge in [0.2, 0.25) is 0 Å². The molecule has 1 heterocycles. The third kappa shape index (κ3) is 4.48. The lowest BCUT2D eigenvalue weighted by Gasteiger charge is -2.21. The highest BCUT2D eigenvalue weighted by molar-refractivity contribution is 9.10. The molecule has 0 spiro atoms. The van der Waals surface area contributed by atoms with E-state index in [4.69, 9.17) is 0 Å². The standard InChI is InChI=1S/C15H20BrN3/c1-15(2,3)18-9-14-8-17-11-19(14)10-12-4-6-13(16)7-5-12/h4-8,11,18H,9-10H2,1-3H3. The van der Waals surface area contributed by atoms with Crippen molar-refractivity contribution in [2.75, 3.05) is 0 Å². The molecular weight excluding hydrogens is 302 g/mol. The first-order chi connectivity index (χ1) is 8.94. The molecule has 0 radical (unpaired) electrons. The average molecular weight is 322 g/mol. The number of hydrogen-bond acceptors (Lipinski definition) is 2. The number of nitrogens with one attached hydrogen (secondary N) is 1. The smallest absolute Gasteiger partial charge is 0.0951 e. The maximum atomic E-state index is 4.25. The van der Waals surface area contributed by atoms with Gasteiger partial charge in [-0.15, -0.1) is 0 Å². The van der Waals surface area contributed by atoms with E-state index in [1.165, 1.54) is 11.3 Å². The highest BCUT2D eigenvalue weighted by atomic mass is 79.9. The lowest BCUT2D eigenvalue weighted by Crippen LogP contribution is -2.35. The molecule has 0 aliphatic carbocycles. The van der Waals surface area contributed by atoms with E-state index in [0.717, 1.165) is 17.6 Å². The normalized spacial score (nSPS) is 11.8. The molecular formula is C15H20BrN3. The number of hydrogen-bond donors (Lipinski definition) is 1. The highest BCUT2D eigenvalue weighted by Crippen LogP contribution is 2.13. The molecule has 1 aromatic carbocycles. The number of nitrogens with zero attached hydrogens (tertiary/aromatic N) is 2. The van der Waals surface area contributed by atoms with Crippen LogP contribution in [-0.2, 0) is 13.1 Å². The summed E-state index contributed by atoms with van der Waals surface area (Å²) in [6.45, 7) is 8.20. The molecule has 2 aromatic rings. The summed E-state index contributed by atoms with van der Waals surface area (Å²) in [6, 6.07) is 8.40. The molecule has 0 fully saturated rings. The Bertz CT molecular complexity index is 523. The SMILES string of the molecule is CC(C)(C)NCc1cncn1Cc1ccc(Br)cc1. The fraction of sp³-hybridized carbons (Fsp3) is 0.400. The monoisotopic (exact) mass is 321 g/mol. The number of aromatic nitrogens is 2. The second-order valence-corrected chi connectivity index (χ2v) is 6.66. The van der Waals surface area contributed by atoms with E-state index in [1.807, 2.05) is 12.5 Å². The Morgan fingerprint density at radius 1 is 1.21 bits per heavy atom. The van der Waals surface area contributed by atoms with Gasteiger partial charge >= 0.3 is 0 Å². The summed E-state index contributed by atoms with van der Waals surface area (Å²) < 4.78 is 3.29. The first-order valence-electron chi connectivity index (χ1n) is 6.42. The highest BCUT2D eigenvalue weighted by Gasteiger charge is 2.10. The van der Waals surface area contributed by atoms with Gasteiger partial charge in [0.15, 0.2) is 0 Å². The van der Waals surface area contributed by atoms with Crippen LogP contribution in [0.5, 0.6) is 0 Å². The van der Waals surface area contributed by atoms with Gasteiger partial charge in [-0.1, -0.05) is 28.1 Å². The second-order valence-electron chi connectivity index (χ2n) is 5.74. The summed E-state index contributed by atoms with van der Waals surface area (Å²) >= 11 is 3.46. The summed E-state index contributed by atoms with van der Waals surface area (Å²) in [5, 5.41) is 3.49.